The summed E-state index contributed by atoms with van der Waals surface area (Å²) in [4.78, 5) is 31.2. The molecule has 2 rings (SSSR count). The van der Waals surface area contributed by atoms with Crippen LogP contribution in [0.3, 0.4) is 0 Å². The van der Waals surface area contributed by atoms with Crippen LogP contribution in [0.15, 0.2) is 36.4 Å². The van der Waals surface area contributed by atoms with E-state index >= 15 is 0 Å². The van der Waals surface area contributed by atoms with Crippen LogP contribution >= 0.6 is 0 Å². The van der Waals surface area contributed by atoms with Gasteiger partial charge >= 0.3 is 6.03 Å². The second-order valence-corrected chi connectivity index (χ2v) is 9.89. The summed E-state index contributed by atoms with van der Waals surface area (Å²) in [5.41, 5.74) is 6.72. The van der Waals surface area contributed by atoms with E-state index in [-0.39, 0.29) is 23.7 Å². The first-order valence-electron chi connectivity index (χ1n) is 12.1. The van der Waals surface area contributed by atoms with Crippen LogP contribution in [0.25, 0.3) is 6.08 Å². The number of carbonyl (C=O) groups excluding carboxylic acids is 2. The van der Waals surface area contributed by atoms with Gasteiger partial charge in [0.1, 0.15) is 0 Å². The Balaban J connectivity index is 1.92. The van der Waals surface area contributed by atoms with Crippen molar-refractivity contribution in [2.45, 2.75) is 78.9 Å². The average molecular weight is 460 g/mol. The summed E-state index contributed by atoms with van der Waals surface area (Å²) < 4.78 is 5.64. The van der Waals surface area contributed by atoms with Gasteiger partial charge in [0.05, 0.1) is 0 Å². The molecule has 1 heterocycles. The van der Waals surface area contributed by atoms with Crippen LogP contribution in [0.4, 0.5) is 4.79 Å². The van der Waals surface area contributed by atoms with Crippen molar-refractivity contribution in [2.24, 2.45) is 17.1 Å². The summed E-state index contributed by atoms with van der Waals surface area (Å²) in [6.45, 7) is 9.24. The molecule has 1 aromatic carbocycles. The largest absolute Gasteiger partial charge is 0.351 e. The molecule has 1 saturated heterocycles. The first-order valence-corrected chi connectivity index (χ1v) is 12.1. The SMILES string of the molecule is CC(C)CN(OC1CCCCO1)N(C(N)=O)C(=O)CCC(C)(C)CCC=Cc1ccccc1. The Morgan fingerprint density at radius 1 is 1.21 bits per heavy atom. The van der Waals surface area contributed by atoms with Gasteiger partial charge in [-0.2, -0.15) is 5.01 Å². The lowest BCUT2D eigenvalue weighted by molar-refractivity contribution is -0.343. The number of urea groups is 1. The maximum absolute atomic E-state index is 13.1. The highest BCUT2D eigenvalue weighted by atomic mass is 16.8. The van der Waals surface area contributed by atoms with Crippen LogP contribution in [0, 0.1) is 11.3 Å². The smallest absolute Gasteiger partial charge is 0.338 e. The van der Waals surface area contributed by atoms with Gasteiger partial charge in [-0.05, 0) is 49.0 Å². The lowest BCUT2D eigenvalue weighted by Gasteiger charge is -2.36. The maximum Gasteiger partial charge on any atom is 0.338 e. The Labute approximate surface area is 198 Å². The van der Waals surface area contributed by atoms with Crippen molar-refractivity contribution in [1.82, 2.24) is 10.2 Å². The third kappa shape index (κ3) is 10.1. The fourth-order valence-corrected chi connectivity index (χ4v) is 3.71. The van der Waals surface area contributed by atoms with Crippen LogP contribution in [0.5, 0.6) is 0 Å². The molecular formula is C26H41N3O4. The number of nitrogens with two attached hydrogens (primary N) is 1. The second-order valence-electron chi connectivity index (χ2n) is 9.89. The van der Waals surface area contributed by atoms with Crippen molar-refractivity contribution in [3.8, 4) is 0 Å². The molecule has 7 heteroatoms. The van der Waals surface area contributed by atoms with Crippen molar-refractivity contribution < 1.29 is 19.2 Å². The molecule has 1 unspecified atom stereocenters. The molecule has 1 aliphatic heterocycles. The van der Waals surface area contributed by atoms with Crippen molar-refractivity contribution >= 4 is 18.0 Å². The number of allylic oxidation sites excluding steroid dienone is 1. The predicted octanol–water partition coefficient (Wildman–Crippen LogP) is 5.52. The molecule has 0 aromatic heterocycles. The summed E-state index contributed by atoms with van der Waals surface area (Å²) in [5, 5.41) is 2.25. The summed E-state index contributed by atoms with van der Waals surface area (Å²) in [7, 11) is 0. The number of carbonyl (C=O) groups is 2. The zero-order chi connectivity index (χ0) is 24.3. The minimum absolute atomic E-state index is 0.0593. The van der Waals surface area contributed by atoms with Crippen LogP contribution in [0.1, 0.15) is 78.2 Å². The van der Waals surface area contributed by atoms with E-state index in [2.05, 4.69) is 38.1 Å². The van der Waals surface area contributed by atoms with Gasteiger partial charge < -0.3 is 10.5 Å². The number of rotatable bonds is 12. The molecule has 1 fully saturated rings. The zero-order valence-electron chi connectivity index (χ0n) is 20.7. The van der Waals surface area contributed by atoms with Crippen molar-refractivity contribution in [2.75, 3.05) is 13.2 Å². The van der Waals surface area contributed by atoms with Gasteiger partial charge in [-0.1, -0.05) is 75.4 Å². The molecular weight excluding hydrogens is 418 g/mol. The minimum atomic E-state index is -0.833. The van der Waals surface area contributed by atoms with E-state index in [1.807, 2.05) is 32.0 Å². The number of ether oxygens (including phenoxy) is 1. The highest BCUT2D eigenvalue weighted by molar-refractivity contribution is 5.92. The Hall–Kier alpha value is -2.22. The number of benzene rings is 1. The predicted molar refractivity (Wildman–Crippen MR) is 130 cm³/mol. The van der Waals surface area contributed by atoms with Crippen LogP contribution in [-0.4, -0.2) is 41.6 Å². The number of hydrogen-bond acceptors (Lipinski definition) is 5. The minimum Gasteiger partial charge on any atom is -0.351 e. The third-order valence-corrected chi connectivity index (χ3v) is 5.68. The van der Waals surface area contributed by atoms with Gasteiger partial charge in [0.25, 0.3) is 0 Å². The number of imide groups is 1. The highest BCUT2D eigenvalue weighted by Crippen LogP contribution is 2.29. The van der Waals surface area contributed by atoms with Gasteiger partial charge in [0, 0.05) is 26.0 Å². The molecule has 0 spiro atoms. The molecule has 1 aromatic rings. The van der Waals surface area contributed by atoms with Crippen LogP contribution in [-0.2, 0) is 14.4 Å². The Morgan fingerprint density at radius 3 is 2.55 bits per heavy atom. The van der Waals surface area contributed by atoms with Gasteiger partial charge in [-0.15, -0.1) is 0 Å². The lowest BCUT2D eigenvalue weighted by atomic mass is 9.83. The summed E-state index contributed by atoms with van der Waals surface area (Å²) >= 11 is 0. The zero-order valence-corrected chi connectivity index (χ0v) is 20.7. The van der Waals surface area contributed by atoms with Crippen molar-refractivity contribution in [1.29, 1.82) is 0 Å². The molecule has 0 aliphatic carbocycles. The van der Waals surface area contributed by atoms with Gasteiger partial charge in [-0.25, -0.2) is 9.63 Å². The first kappa shape index (κ1) is 27.0. The van der Waals surface area contributed by atoms with E-state index in [1.54, 1.807) is 0 Å². The molecule has 1 aliphatic rings. The number of primary amides is 1. The highest BCUT2D eigenvalue weighted by Gasteiger charge is 2.32. The van der Waals surface area contributed by atoms with E-state index in [0.717, 1.165) is 37.1 Å². The first-order chi connectivity index (χ1) is 15.7. The molecule has 7 nitrogen and oxygen atoms in total. The second kappa shape index (κ2) is 13.5. The summed E-state index contributed by atoms with van der Waals surface area (Å²) in [5.74, 6) is -0.192. The molecule has 0 radical (unpaired) electrons. The number of hydroxylamine groups is 1. The molecule has 3 amide bonds. The fraction of sp³-hybridized carbons (Fsp3) is 0.615. The van der Waals surface area contributed by atoms with E-state index in [9.17, 15) is 9.59 Å². The number of hydrogen-bond donors (Lipinski definition) is 1. The van der Waals surface area contributed by atoms with Crippen molar-refractivity contribution in [3.05, 3.63) is 42.0 Å². The van der Waals surface area contributed by atoms with Crippen molar-refractivity contribution in [3.63, 3.8) is 0 Å². The maximum atomic E-state index is 13.1. The molecule has 1 atom stereocenters. The van der Waals surface area contributed by atoms with Gasteiger partial charge in [0.2, 0.25) is 5.91 Å². The van der Waals surface area contributed by atoms with Gasteiger partial charge in [-0.3, -0.25) is 4.79 Å². The molecule has 0 bridgehead atoms. The van der Waals surface area contributed by atoms with E-state index < -0.39 is 12.3 Å². The van der Waals surface area contributed by atoms with E-state index in [0.29, 0.717) is 19.6 Å². The quantitative estimate of drug-likeness (QED) is 0.416. The monoisotopic (exact) mass is 459 g/mol. The molecule has 2 N–H and O–H groups in total. The standard InChI is InChI=1S/C26H41N3O4/c1-21(2)20-28(33-24-15-9-11-19-32-24)29(25(27)31)23(30)16-18-26(3,4)17-10-8-14-22-12-6-5-7-13-22/h5-8,12-14,21,24H,9-11,15-20H2,1-4H3,(H2,27,31). The summed E-state index contributed by atoms with van der Waals surface area (Å²) in [6.07, 6.45) is 9.20. The molecule has 0 saturated carbocycles. The Bertz CT molecular complexity index is 758. The van der Waals surface area contributed by atoms with E-state index in [4.69, 9.17) is 15.3 Å². The Kier molecular flexibility index (Phi) is 11.0. The number of amides is 3. The third-order valence-electron chi connectivity index (χ3n) is 5.68. The molecule has 184 valence electrons. The Morgan fingerprint density at radius 2 is 1.94 bits per heavy atom. The normalized spacial score (nSPS) is 17.1. The van der Waals surface area contributed by atoms with Crippen LogP contribution < -0.4 is 5.73 Å². The average Bonchev–Trinajstić information content (AvgIpc) is 2.76. The molecule has 33 heavy (non-hydrogen) atoms. The van der Waals surface area contributed by atoms with E-state index in [1.165, 1.54) is 10.7 Å². The van der Waals surface area contributed by atoms with Gasteiger partial charge in [0.15, 0.2) is 6.29 Å². The fourth-order valence-electron chi connectivity index (χ4n) is 3.71. The topological polar surface area (TPSA) is 85.1 Å². The number of nitrogens with zero attached hydrogens (tertiary/aromatic N) is 2. The van der Waals surface area contributed by atoms with Crippen LogP contribution in [0.2, 0.25) is 0 Å². The summed E-state index contributed by atoms with van der Waals surface area (Å²) in [6, 6.07) is 9.35. The lowest BCUT2D eigenvalue weighted by Crippen LogP contribution is -2.55. The number of hydrazine groups is 1.